The summed E-state index contributed by atoms with van der Waals surface area (Å²) in [5.74, 6) is 0.595. The first-order chi connectivity index (χ1) is 34.7. The minimum Gasteiger partial charge on any atom is -0.494 e. The zero-order valence-corrected chi connectivity index (χ0v) is 39.8. The van der Waals surface area contributed by atoms with E-state index in [1.807, 2.05) is 60.7 Å². The van der Waals surface area contributed by atoms with E-state index >= 15 is 0 Å². The number of piperidine rings is 2. The van der Waals surface area contributed by atoms with Gasteiger partial charge < -0.3 is 45.1 Å². The topological polar surface area (TPSA) is 240 Å². The molecule has 19 heteroatoms. The van der Waals surface area contributed by atoms with Crippen molar-refractivity contribution in [3.63, 3.8) is 0 Å². The monoisotopic (exact) mass is 970 g/mol. The van der Waals surface area contributed by atoms with Crippen molar-refractivity contribution in [1.29, 1.82) is 0 Å². The Kier molecular flexibility index (Phi) is 17.8. The van der Waals surface area contributed by atoms with E-state index in [4.69, 9.17) is 23.9 Å². The summed E-state index contributed by atoms with van der Waals surface area (Å²) in [4.78, 5) is 73.5. The molecule has 3 aliphatic rings. The fourth-order valence-electron chi connectivity index (χ4n) is 8.90. The number of carbonyl (C=O) groups excluding carboxylic acids is 5. The summed E-state index contributed by atoms with van der Waals surface area (Å²) in [6.45, 7) is 5.25. The molecule has 1 atom stereocenters. The molecule has 71 heavy (non-hydrogen) atoms. The normalized spacial score (nSPS) is 16.3. The van der Waals surface area contributed by atoms with Gasteiger partial charge in [0.15, 0.2) is 11.6 Å². The van der Waals surface area contributed by atoms with E-state index in [1.54, 1.807) is 30.6 Å². The number of aromatic nitrogens is 4. The highest BCUT2D eigenvalue weighted by atomic mass is 16.5. The van der Waals surface area contributed by atoms with Gasteiger partial charge in [-0.25, -0.2) is 4.98 Å². The minimum absolute atomic E-state index is 0.122. The van der Waals surface area contributed by atoms with Gasteiger partial charge in [0, 0.05) is 72.1 Å². The van der Waals surface area contributed by atoms with E-state index < -0.39 is 17.5 Å². The molecular weight excluding hydrogens is 909 g/mol. The molecule has 5 amide bonds. The molecule has 5 heterocycles. The molecule has 5 aromatic rings. The van der Waals surface area contributed by atoms with Crippen molar-refractivity contribution in [3.05, 3.63) is 119 Å². The van der Waals surface area contributed by atoms with Crippen LogP contribution < -0.4 is 31.3 Å². The van der Waals surface area contributed by atoms with Crippen LogP contribution in [-0.2, 0) is 47.2 Å². The SMILES string of the molecule is O=C1CCC(N2Cc3c(NC(=O)CCOCCOCCOCCCCCCOc4cccc(CNC(=O)c5cccc(NC6(c7nc(-c8ccncc8)n[nH]7)CCNCC6)c5)c4)cccc3C2=O)C(=O)N1. The van der Waals surface area contributed by atoms with E-state index in [-0.39, 0.29) is 56.0 Å². The predicted octanol–water partition coefficient (Wildman–Crippen LogP) is 5.27. The number of carbonyl (C=O) groups is 5. The Morgan fingerprint density at radius 1 is 0.803 bits per heavy atom. The second-order valence-electron chi connectivity index (χ2n) is 17.7. The third-order valence-electron chi connectivity index (χ3n) is 12.7. The first-order valence-electron chi connectivity index (χ1n) is 24.5. The number of H-pyrrole nitrogens is 1. The summed E-state index contributed by atoms with van der Waals surface area (Å²) >= 11 is 0. The lowest BCUT2D eigenvalue weighted by molar-refractivity contribution is -0.137. The lowest BCUT2D eigenvalue weighted by Gasteiger charge is -2.37. The average molecular weight is 971 g/mol. The maximum atomic E-state index is 13.4. The van der Waals surface area contributed by atoms with Crippen molar-refractivity contribution in [1.82, 2.24) is 41.0 Å². The van der Waals surface area contributed by atoms with Gasteiger partial charge in [0.05, 0.1) is 51.6 Å². The van der Waals surface area contributed by atoms with Crippen LogP contribution in [0.4, 0.5) is 11.4 Å². The zero-order valence-electron chi connectivity index (χ0n) is 39.8. The number of unbranched alkanes of at least 4 members (excludes halogenated alkanes) is 3. The maximum Gasteiger partial charge on any atom is 0.255 e. The molecule has 2 saturated heterocycles. The van der Waals surface area contributed by atoms with Crippen molar-refractivity contribution < 1.29 is 42.9 Å². The number of fused-ring (bicyclic) bond motifs is 1. The van der Waals surface area contributed by atoms with Crippen molar-refractivity contribution >= 4 is 40.9 Å². The third kappa shape index (κ3) is 13.8. The number of hydrogen-bond donors (Lipinski definition) is 6. The molecule has 0 radical (unpaired) electrons. The fourth-order valence-corrected chi connectivity index (χ4v) is 8.90. The number of rotatable bonds is 26. The van der Waals surface area contributed by atoms with Gasteiger partial charge in [0.1, 0.15) is 11.8 Å². The lowest BCUT2D eigenvalue weighted by atomic mass is 9.87. The van der Waals surface area contributed by atoms with E-state index in [1.165, 1.54) is 4.90 Å². The molecule has 19 nitrogen and oxygen atoms in total. The molecule has 374 valence electrons. The van der Waals surface area contributed by atoms with Crippen LogP contribution in [-0.4, -0.2) is 120 Å². The number of imide groups is 1. The molecule has 0 saturated carbocycles. The number of amides is 5. The Morgan fingerprint density at radius 3 is 2.35 bits per heavy atom. The van der Waals surface area contributed by atoms with E-state index in [0.29, 0.717) is 74.4 Å². The molecule has 3 aliphatic heterocycles. The first-order valence-corrected chi connectivity index (χ1v) is 24.5. The Morgan fingerprint density at radius 2 is 1.55 bits per heavy atom. The summed E-state index contributed by atoms with van der Waals surface area (Å²) in [7, 11) is 0. The van der Waals surface area contributed by atoms with Gasteiger partial charge in [-0.15, -0.1) is 0 Å². The van der Waals surface area contributed by atoms with Crippen LogP contribution in [0.15, 0.2) is 91.3 Å². The number of ether oxygens (including phenoxy) is 4. The van der Waals surface area contributed by atoms with Crippen LogP contribution in [0.25, 0.3) is 11.4 Å². The van der Waals surface area contributed by atoms with E-state index in [2.05, 4.69) is 41.8 Å². The Hall–Kier alpha value is -7.06. The summed E-state index contributed by atoms with van der Waals surface area (Å²) in [5, 5.41) is 23.0. The average Bonchev–Trinajstić information content (AvgIpc) is 4.03. The molecule has 2 fully saturated rings. The molecule has 6 N–H and O–H groups in total. The molecule has 3 aromatic carbocycles. The molecule has 2 aromatic heterocycles. The van der Waals surface area contributed by atoms with Crippen molar-refractivity contribution in [2.45, 2.75) is 82.5 Å². The predicted molar refractivity (Wildman–Crippen MR) is 263 cm³/mol. The molecule has 0 bridgehead atoms. The van der Waals surface area contributed by atoms with Crippen LogP contribution in [0.5, 0.6) is 5.75 Å². The molecule has 0 aliphatic carbocycles. The number of hydrogen-bond acceptors (Lipinski definition) is 14. The summed E-state index contributed by atoms with van der Waals surface area (Å²) in [6, 6.07) is 23.5. The quantitative estimate of drug-likeness (QED) is 0.0306. The second-order valence-corrected chi connectivity index (χ2v) is 17.7. The van der Waals surface area contributed by atoms with Crippen molar-refractivity contribution in [2.75, 3.05) is 70.0 Å². The zero-order chi connectivity index (χ0) is 49.3. The van der Waals surface area contributed by atoms with Crippen LogP contribution in [0.3, 0.4) is 0 Å². The molecule has 1 unspecified atom stereocenters. The van der Waals surface area contributed by atoms with Gasteiger partial charge in [-0.05, 0) is 112 Å². The standard InChI is InChI=1S/C52H62N10O9/c63-45-15-14-44(49(66)57-45)62-35-42-41(50(62)67)12-7-13-43(42)56-46(64)18-27-69-29-31-70-30-28-68-25-3-1-2-4-26-71-40-11-5-8-36(32-40)34-55-48(65)38-9-6-10-39(33-38)59-52(19-23-54-24-20-52)51-58-47(60-61-51)37-16-21-53-22-17-37/h5-13,16-17,21-22,32-33,44,54,59H,1-4,14-15,18-20,23-31,34-35H2,(H,55,65)(H,56,64)(H,57,63,66)(H,58,60,61). The van der Waals surface area contributed by atoms with Gasteiger partial charge in [-0.3, -0.25) is 39.4 Å². The summed E-state index contributed by atoms with van der Waals surface area (Å²) < 4.78 is 22.9. The second kappa shape index (κ2) is 25.2. The van der Waals surface area contributed by atoms with Crippen LogP contribution in [0, 0.1) is 0 Å². The summed E-state index contributed by atoms with van der Waals surface area (Å²) in [6.07, 6.45) is 9.48. The van der Waals surface area contributed by atoms with E-state index in [0.717, 1.165) is 80.0 Å². The highest BCUT2D eigenvalue weighted by Gasteiger charge is 2.40. The maximum absolute atomic E-state index is 13.4. The van der Waals surface area contributed by atoms with Gasteiger partial charge in [0.25, 0.3) is 11.8 Å². The third-order valence-corrected chi connectivity index (χ3v) is 12.7. The van der Waals surface area contributed by atoms with Crippen LogP contribution >= 0.6 is 0 Å². The van der Waals surface area contributed by atoms with Gasteiger partial charge in [-0.1, -0.05) is 30.7 Å². The van der Waals surface area contributed by atoms with Crippen molar-refractivity contribution in [2.24, 2.45) is 0 Å². The first kappa shape index (κ1) is 50.3. The van der Waals surface area contributed by atoms with Gasteiger partial charge in [0.2, 0.25) is 17.7 Å². The highest BCUT2D eigenvalue weighted by molar-refractivity contribution is 6.06. The number of anilines is 2. The molecular formula is C52H62N10O9. The number of aromatic amines is 1. The highest BCUT2D eigenvalue weighted by Crippen LogP contribution is 2.35. The number of pyridine rings is 1. The fraction of sp³-hybridized carbons (Fsp3) is 0.423. The minimum atomic E-state index is -0.724. The van der Waals surface area contributed by atoms with Crippen LogP contribution in [0.2, 0.25) is 0 Å². The molecule has 0 spiro atoms. The largest absolute Gasteiger partial charge is 0.494 e. The number of nitrogens with one attached hydrogen (secondary N) is 6. The smallest absolute Gasteiger partial charge is 0.255 e. The van der Waals surface area contributed by atoms with Crippen LogP contribution in [0.1, 0.15) is 95.5 Å². The number of nitrogens with zero attached hydrogens (tertiary/aromatic N) is 4. The Balaban J connectivity index is 0.639. The van der Waals surface area contributed by atoms with E-state index in [9.17, 15) is 24.0 Å². The number of benzene rings is 3. The Bertz CT molecular complexity index is 2600. The van der Waals surface area contributed by atoms with Gasteiger partial charge >= 0.3 is 0 Å². The lowest BCUT2D eigenvalue weighted by Crippen LogP contribution is -2.52. The van der Waals surface area contributed by atoms with Crippen molar-refractivity contribution in [3.8, 4) is 17.1 Å². The molecule has 8 rings (SSSR count). The Labute approximate surface area is 412 Å². The summed E-state index contributed by atoms with van der Waals surface area (Å²) in [5.41, 5.74) is 4.33. The van der Waals surface area contributed by atoms with Gasteiger partial charge in [-0.2, -0.15) is 5.10 Å².